The molecule has 0 fully saturated rings. The van der Waals surface area contributed by atoms with Crippen molar-refractivity contribution in [1.29, 1.82) is 0 Å². The van der Waals surface area contributed by atoms with Crippen LogP contribution < -0.4 is 5.32 Å². The van der Waals surface area contributed by atoms with Gasteiger partial charge in [0.25, 0.3) is 0 Å². The van der Waals surface area contributed by atoms with Gasteiger partial charge in [-0.05, 0) is 6.92 Å². The minimum absolute atomic E-state index is 0.229. The zero-order valence-electron chi connectivity index (χ0n) is 7.13. The summed E-state index contributed by atoms with van der Waals surface area (Å²) >= 11 is 0. The maximum atomic E-state index is 9.27. The number of aliphatic hydroxyl groups is 2. The van der Waals surface area contributed by atoms with Crippen LogP contribution in [0.1, 0.15) is 6.92 Å². The molecule has 1 atom stereocenters. The van der Waals surface area contributed by atoms with Crippen molar-refractivity contribution in [1.82, 2.24) is 5.32 Å². The first-order valence-corrected chi connectivity index (χ1v) is 3.65. The van der Waals surface area contributed by atoms with Crippen molar-refractivity contribution in [3.05, 3.63) is 0 Å². The van der Waals surface area contributed by atoms with Crippen LogP contribution in [0, 0.1) is 0 Å². The SMILES string of the molecule is COCCNCC(C)(O)CO. The highest BCUT2D eigenvalue weighted by molar-refractivity contribution is 4.73. The molecule has 0 aromatic heterocycles. The molecule has 0 bridgehead atoms. The van der Waals surface area contributed by atoms with E-state index >= 15 is 0 Å². The second-order valence-corrected chi connectivity index (χ2v) is 2.82. The third-order valence-corrected chi connectivity index (χ3v) is 1.33. The number of hydrogen-bond acceptors (Lipinski definition) is 4. The molecule has 0 rings (SSSR count). The topological polar surface area (TPSA) is 61.7 Å². The first-order chi connectivity index (χ1) is 5.12. The average Bonchev–Trinajstić information content (AvgIpc) is 1.99. The predicted molar refractivity (Wildman–Crippen MR) is 42.5 cm³/mol. The number of hydrogen-bond donors (Lipinski definition) is 3. The Hall–Kier alpha value is -0.160. The highest BCUT2D eigenvalue weighted by Crippen LogP contribution is 1.97. The van der Waals surface area contributed by atoms with Gasteiger partial charge in [-0.3, -0.25) is 0 Å². The molecule has 1 unspecified atom stereocenters. The molecule has 0 aromatic carbocycles. The molecular formula is C7H17NO3. The van der Waals surface area contributed by atoms with E-state index in [-0.39, 0.29) is 6.61 Å². The van der Waals surface area contributed by atoms with Gasteiger partial charge in [-0.1, -0.05) is 0 Å². The van der Waals surface area contributed by atoms with Gasteiger partial charge in [-0.2, -0.15) is 0 Å². The van der Waals surface area contributed by atoms with E-state index in [0.29, 0.717) is 19.7 Å². The first-order valence-electron chi connectivity index (χ1n) is 3.65. The standard InChI is InChI=1S/C7H17NO3/c1-7(10,6-9)5-8-3-4-11-2/h8-10H,3-6H2,1-2H3. The maximum Gasteiger partial charge on any atom is 0.0972 e. The number of aliphatic hydroxyl groups excluding tert-OH is 1. The zero-order valence-corrected chi connectivity index (χ0v) is 7.13. The molecule has 0 aliphatic carbocycles. The largest absolute Gasteiger partial charge is 0.393 e. The number of methoxy groups -OCH3 is 1. The third kappa shape index (κ3) is 6.25. The molecule has 3 N–H and O–H groups in total. The fraction of sp³-hybridized carbons (Fsp3) is 1.00. The predicted octanol–water partition coefficient (Wildman–Crippen LogP) is -1.03. The van der Waals surface area contributed by atoms with Crippen LogP contribution in [0.2, 0.25) is 0 Å². The fourth-order valence-corrected chi connectivity index (χ4v) is 0.588. The summed E-state index contributed by atoms with van der Waals surface area (Å²) in [5.74, 6) is 0. The van der Waals surface area contributed by atoms with E-state index in [1.165, 1.54) is 0 Å². The van der Waals surface area contributed by atoms with Gasteiger partial charge in [0.05, 0.1) is 18.8 Å². The van der Waals surface area contributed by atoms with Crippen molar-refractivity contribution in [2.24, 2.45) is 0 Å². The molecule has 0 aliphatic heterocycles. The van der Waals surface area contributed by atoms with Crippen molar-refractivity contribution in [3.8, 4) is 0 Å². The van der Waals surface area contributed by atoms with Crippen LogP contribution in [0.3, 0.4) is 0 Å². The van der Waals surface area contributed by atoms with Gasteiger partial charge in [0, 0.05) is 20.2 Å². The van der Waals surface area contributed by atoms with Gasteiger partial charge >= 0.3 is 0 Å². The highest BCUT2D eigenvalue weighted by atomic mass is 16.5. The van der Waals surface area contributed by atoms with Gasteiger partial charge in [-0.15, -0.1) is 0 Å². The summed E-state index contributed by atoms with van der Waals surface area (Å²) in [6.07, 6.45) is 0. The van der Waals surface area contributed by atoms with Crippen LogP contribution in [-0.4, -0.2) is 49.2 Å². The van der Waals surface area contributed by atoms with Crippen LogP contribution >= 0.6 is 0 Å². The van der Waals surface area contributed by atoms with E-state index in [4.69, 9.17) is 9.84 Å². The number of rotatable bonds is 6. The second-order valence-electron chi connectivity index (χ2n) is 2.82. The number of nitrogens with one attached hydrogen (secondary N) is 1. The summed E-state index contributed by atoms with van der Waals surface area (Å²) in [7, 11) is 1.62. The molecule has 0 radical (unpaired) electrons. The monoisotopic (exact) mass is 163 g/mol. The van der Waals surface area contributed by atoms with E-state index in [1.54, 1.807) is 14.0 Å². The third-order valence-electron chi connectivity index (χ3n) is 1.33. The van der Waals surface area contributed by atoms with Crippen LogP contribution in [0.5, 0.6) is 0 Å². The minimum Gasteiger partial charge on any atom is -0.393 e. The quantitative estimate of drug-likeness (QED) is 0.438. The lowest BCUT2D eigenvalue weighted by Crippen LogP contribution is -2.41. The lowest BCUT2D eigenvalue weighted by atomic mass is 10.1. The Morgan fingerprint density at radius 3 is 2.64 bits per heavy atom. The summed E-state index contributed by atoms with van der Waals surface area (Å²) in [6.45, 7) is 3.03. The van der Waals surface area contributed by atoms with Crippen molar-refractivity contribution in [3.63, 3.8) is 0 Å². The molecule has 4 nitrogen and oxygen atoms in total. The molecular weight excluding hydrogens is 146 g/mol. The molecule has 11 heavy (non-hydrogen) atoms. The Labute approximate surface area is 67.2 Å². The average molecular weight is 163 g/mol. The highest BCUT2D eigenvalue weighted by Gasteiger charge is 2.17. The van der Waals surface area contributed by atoms with Crippen LogP contribution in [0.4, 0.5) is 0 Å². The normalized spacial score (nSPS) is 16.4. The summed E-state index contributed by atoms with van der Waals surface area (Å²) in [5.41, 5.74) is -1.02. The molecule has 0 aliphatic rings. The second kappa shape index (κ2) is 5.49. The van der Waals surface area contributed by atoms with Crippen LogP contribution in [0.15, 0.2) is 0 Å². The van der Waals surface area contributed by atoms with E-state index in [2.05, 4.69) is 5.32 Å². The lowest BCUT2D eigenvalue weighted by Gasteiger charge is -2.20. The van der Waals surface area contributed by atoms with Crippen LogP contribution in [-0.2, 0) is 4.74 Å². The Morgan fingerprint density at radius 1 is 1.55 bits per heavy atom. The van der Waals surface area contributed by atoms with Gasteiger partial charge in [-0.25, -0.2) is 0 Å². The van der Waals surface area contributed by atoms with Gasteiger partial charge < -0.3 is 20.3 Å². The molecule has 68 valence electrons. The van der Waals surface area contributed by atoms with Crippen molar-refractivity contribution >= 4 is 0 Å². The van der Waals surface area contributed by atoms with Crippen LogP contribution in [0.25, 0.3) is 0 Å². The minimum atomic E-state index is -1.02. The molecule has 0 saturated heterocycles. The summed E-state index contributed by atoms with van der Waals surface area (Å²) in [5, 5.41) is 20.8. The Balaban J connectivity index is 3.23. The molecule has 0 saturated carbocycles. The molecule has 4 heteroatoms. The van der Waals surface area contributed by atoms with Gasteiger partial charge in [0.15, 0.2) is 0 Å². The molecule has 0 heterocycles. The Bertz CT molecular complexity index is 95.7. The van der Waals surface area contributed by atoms with E-state index < -0.39 is 5.60 Å². The maximum absolute atomic E-state index is 9.27. The lowest BCUT2D eigenvalue weighted by molar-refractivity contribution is 0.00193. The zero-order chi connectivity index (χ0) is 8.74. The van der Waals surface area contributed by atoms with E-state index in [9.17, 15) is 5.11 Å². The van der Waals surface area contributed by atoms with Gasteiger partial charge in [0.1, 0.15) is 0 Å². The van der Waals surface area contributed by atoms with Crippen molar-refractivity contribution in [2.45, 2.75) is 12.5 Å². The molecule has 0 spiro atoms. The molecule has 0 aromatic rings. The number of ether oxygens (including phenoxy) is 1. The summed E-state index contributed by atoms with van der Waals surface area (Å²) in [6, 6.07) is 0. The van der Waals surface area contributed by atoms with Crippen molar-refractivity contribution < 1.29 is 14.9 Å². The first kappa shape index (κ1) is 10.8. The van der Waals surface area contributed by atoms with E-state index in [0.717, 1.165) is 0 Å². The van der Waals surface area contributed by atoms with E-state index in [1.807, 2.05) is 0 Å². The fourth-order valence-electron chi connectivity index (χ4n) is 0.588. The summed E-state index contributed by atoms with van der Waals surface area (Å²) < 4.78 is 4.78. The Morgan fingerprint density at radius 2 is 2.18 bits per heavy atom. The smallest absolute Gasteiger partial charge is 0.0972 e. The Kier molecular flexibility index (Phi) is 5.41. The molecule has 0 amide bonds. The van der Waals surface area contributed by atoms with Gasteiger partial charge in [0.2, 0.25) is 0 Å². The summed E-state index contributed by atoms with van der Waals surface area (Å²) in [4.78, 5) is 0. The van der Waals surface area contributed by atoms with Crippen molar-refractivity contribution in [2.75, 3.05) is 33.4 Å².